The number of amides is 1. The average Bonchev–Trinajstić information content (AvgIpc) is 3.38. The number of aliphatic hydroxyl groups excluding tert-OH is 5. The lowest BCUT2D eigenvalue weighted by Crippen LogP contribution is -2.60. The zero-order valence-electron chi connectivity index (χ0n) is 46.7. The maximum absolute atomic E-state index is 13.0. The van der Waals surface area contributed by atoms with Gasteiger partial charge in [-0.3, -0.25) is 9.59 Å². The number of aliphatic hydroxyl groups is 5. The van der Waals surface area contributed by atoms with Gasteiger partial charge >= 0.3 is 5.97 Å². The normalized spacial score (nSPS) is 19.1. The molecule has 424 valence electrons. The predicted octanol–water partition coefficient (Wildman–Crippen LogP) is 14.1. The summed E-state index contributed by atoms with van der Waals surface area (Å²) >= 11 is 0. The quantitative estimate of drug-likeness (QED) is 0.0195. The molecule has 11 nitrogen and oxygen atoms in total. The third-order valence-electron chi connectivity index (χ3n) is 14.6. The number of nitrogens with one attached hydrogen (secondary N) is 1. The summed E-state index contributed by atoms with van der Waals surface area (Å²) in [5.74, 6) is -0.206. The summed E-state index contributed by atoms with van der Waals surface area (Å²) in [6.07, 6.45) is 51.4. The van der Waals surface area contributed by atoms with Gasteiger partial charge in [-0.05, 0) is 57.8 Å². The zero-order valence-corrected chi connectivity index (χ0v) is 46.7. The number of carbonyl (C=O) groups is 2. The zero-order chi connectivity index (χ0) is 52.4. The molecule has 0 aromatic heterocycles. The molecule has 1 aliphatic rings. The van der Waals surface area contributed by atoms with Crippen LogP contribution >= 0.6 is 0 Å². The lowest BCUT2D eigenvalue weighted by Gasteiger charge is -2.40. The molecule has 0 aliphatic carbocycles. The van der Waals surface area contributed by atoms with Gasteiger partial charge in [-0.2, -0.15) is 0 Å². The summed E-state index contributed by atoms with van der Waals surface area (Å²) in [4.78, 5) is 25.1. The van der Waals surface area contributed by atoms with Crippen LogP contribution in [0.15, 0.2) is 24.3 Å². The number of ether oxygens (including phenoxy) is 3. The molecule has 0 aromatic carbocycles. The number of carbonyl (C=O) groups excluding carboxylic acids is 2. The van der Waals surface area contributed by atoms with E-state index in [0.717, 1.165) is 89.9 Å². The molecule has 7 unspecified atom stereocenters. The van der Waals surface area contributed by atoms with Crippen LogP contribution in [0.5, 0.6) is 0 Å². The molecule has 7 atom stereocenters. The van der Waals surface area contributed by atoms with Crippen molar-refractivity contribution in [2.75, 3.05) is 19.8 Å². The molecule has 1 aliphatic heterocycles. The highest BCUT2D eigenvalue weighted by Crippen LogP contribution is 2.23. The van der Waals surface area contributed by atoms with Gasteiger partial charge < -0.3 is 45.1 Å². The van der Waals surface area contributed by atoms with E-state index in [4.69, 9.17) is 14.2 Å². The minimum Gasteiger partial charge on any atom is -0.466 e. The lowest BCUT2D eigenvalue weighted by molar-refractivity contribution is -0.302. The predicted molar refractivity (Wildman–Crippen MR) is 297 cm³/mol. The third-order valence-corrected chi connectivity index (χ3v) is 14.6. The molecule has 1 rings (SSSR count). The van der Waals surface area contributed by atoms with Crippen LogP contribution in [-0.4, -0.2) is 100 Å². The second-order valence-electron chi connectivity index (χ2n) is 21.4. The van der Waals surface area contributed by atoms with E-state index in [9.17, 15) is 35.1 Å². The monoisotopic (exact) mass is 1020 g/mol. The van der Waals surface area contributed by atoms with Crippen molar-refractivity contribution in [2.24, 2.45) is 0 Å². The first-order chi connectivity index (χ1) is 35.2. The van der Waals surface area contributed by atoms with Crippen LogP contribution < -0.4 is 5.32 Å². The van der Waals surface area contributed by atoms with Gasteiger partial charge in [0.2, 0.25) is 5.91 Å². The first-order valence-electron chi connectivity index (χ1n) is 30.6. The van der Waals surface area contributed by atoms with E-state index in [1.807, 2.05) is 6.08 Å². The largest absolute Gasteiger partial charge is 0.466 e. The lowest BCUT2D eigenvalue weighted by atomic mass is 9.99. The Hall–Kier alpha value is -1.86. The van der Waals surface area contributed by atoms with Crippen LogP contribution in [-0.2, 0) is 23.8 Å². The number of unbranched alkanes of at least 4 members (excludes halogenated alkanes) is 37. The summed E-state index contributed by atoms with van der Waals surface area (Å²) in [5.41, 5.74) is 0. The summed E-state index contributed by atoms with van der Waals surface area (Å²) in [6, 6.07) is -0.818. The first kappa shape index (κ1) is 68.2. The highest BCUT2D eigenvalue weighted by atomic mass is 16.7. The number of esters is 1. The van der Waals surface area contributed by atoms with E-state index in [0.29, 0.717) is 19.4 Å². The Kier molecular flexibility index (Phi) is 48.5. The van der Waals surface area contributed by atoms with Crippen molar-refractivity contribution in [2.45, 2.75) is 333 Å². The van der Waals surface area contributed by atoms with Gasteiger partial charge in [0.15, 0.2) is 6.29 Å². The smallest absolute Gasteiger partial charge is 0.305 e. The molecule has 0 aromatic rings. The Morgan fingerprint density at radius 3 is 1.33 bits per heavy atom. The maximum Gasteiger partial charge on any atom is 0.305 e. The molecule has 0 spiro atoms. The van der Waals surface area contributed by atoms with Crippen molar-refractivity contribution in [3.05, 3.63) is 24.3 Å². The highest BCUT2D eigenvalue weighted by molar-refractivity contribution is 5.76. The average molecular weight is 1020 g/mol. The van der Waals surface area contributed by atoms with E-state index in [1.54, 1.807) is 6.08 Å². The molecule has 0 radical (unpaired) electrons. The molecule has 72 heavy (non-hydrogen) atoms. The van der Waals surface area contributed by atoms with Crippen molar-refractivity contribution < 1.29 is 49.3 Å². The Bertz CT molecular complexity index is 1250. The van der Waals surface area contributed by atoms with E-state index in [1.165, 1.54) is 173 Å². The highest BCUT2D eigenvalue weighted by Gasteiger charge is 2.44. The van der Waals surface area contributed by atoms with Gasteiger partial charge in [0.05, 0.1) is 32.0 Å². The molecule has 6 N–H and O–H groups in total. The standard InChI is InChI=1S/C61H115NO10/c1-3-5-7-9-11-13-14-15-16-19-23-26-29-33-37-41-45-49-57(66)70-50-46-42-38-34-30-27-24-21-18-17-20-22-25-28-32-36-40-44-48-56(65)62-53(54(64)47-43-39-35-31-12-10-8-6-4-2)52-71-61-60(69)59(68)58(67)55(51-63)72-61/h20,22,43,47,53-55,58-61,63-64,67-69H,3-19,21,23-42,44-46,48-52H2,1-2H3,(H,62,65)/b22-20-,47-43+. The van der Waals surface area contributed by atoms with E-state index >= 15 is 0 Å². The molecular weight excluding hydrogens is 907 g/mol. The van der Waals surface area contributed by atoms with Gasteiger partial charge in [-0.25, -0.2) is 0 Å². The molecule has 1 saturated heterocycles. The van der Waals surface area contributed by atoms with Crippen LogP contribution in [0.3, 0.4) is 0 Å². The third kappa shape index (κ3) is 40.5. The summed E-state index contributed by atoms with van der Waals surface area (Å²) in [6.45, 7) is 4.30. The van der Waals surface area contributed by atoms with Gasteiger partial charge in [-0.15, -0.1) is 0 Å². The van der Waals surface area contributed by atoms with Crippen LogP contribution in [0.1, 0.15) is 290 Å². The number of hydrogen-bond acceptors (Lipinski definition) is 10. The Labute approximate surface area is 441 Å². The van der Waals surface area contributed by atoms with Crippen LogP contribution in [0.2, 0.25) is 0 Å². The maximum atomic E-state index is 13.0. The van der Waals surface area contributed by atoms with Crippen LogP contribution in [0, 0.1) is 0 Å². The molecule has 11 heteroatoms. The molecule has 1 fully saturated rings. The SMILES string of the molecule is CCCCCCCCC/C=C/C(O)C(COC1OC(CO)C(O)C(O)C1O)NC(=O)CCCCCCC/C=C\CCCCCCCCCCCOC(=O)CCCCCCCCCCCCCCCCCCC. The Morgan fingerprint density at radius 2 is 0.889 bits per heavy atom. The van der Waals surface area contributed by atoms with E-state index < -0.39 is 49.5 Å². The van der Waals surface area contributed by atoms with E-state index in [-0.39, 0.29) is 18.5 Å². The fraction of sp³-hybridized carbons (Fsp3) is 0.902. The second kappa shape index (κ2) is 51.3. The van der Waals surface area contributed by atoms with Gasteiger partial charge in [0.1, 0.15) is 24.4 Å². The molecular formula is C61H115NO10. The van der Waals surface area contributed by atoms with Crippen molar-refractivity contribution >= 4 is 11.9 Å². The molecule has 0 saturated carbocycles. The van der Waals surface area contributed by atoms with Crippen molar-refractivity contribution in [3.8, 4) is 0 Å². The van der Waals surface area contributed by atoms with Crippen LogP contribution in [0.25, 0.3) is 0 Å². The van der Waals surface area contributed by atoms with Crippen LogP contribution in [0.4, 0.5) is 0 Å². The Balaban J connectivity index is 2.02. The number of rotatable bonds is 53. The van der Waals surface area contributed by atoms with Gasteiger partial charge in [0, 0.05) is 12.8 Å². The molecule has 1 heterocycles. The number of allylic oxidation sites excluding steroid dienone is 3. The minimum absolute atomic E-state index is 0.00887. The van der Waals surface area contributed by atoms with Gasteiger partial charge in [-0.1, -0.05) is 244 Å². The van der Waals surface area contributed by atoms with E-state index in [2.05, 4.69) is 31.3 Å². The fourth-order valence-electron chi connectivity index (χ4n) is 9.67. The summed E-state index contributed by atoms with van der Waals surface area (Å²) in [5, 5.41) is 54.2. The van der Waals surface area contributed by atoms with Gasteiger partial charge in [0.25, 0.3) is 0 Å². The Morgan fingerprint density at radius 1 is 0.500 bits per heavy atom. The summed E-state index contributed by atoms with van der Waals surface area (Å²) in [7, 11) is 0. The molecule has 0 bridgehead atoms. The second-order valence-corrected chi connectivity index (χ2v) is 21.4. The fourth-order valence-corrected chi connectivity index (χ4v) is 9.67. The minimum atomic E-state index is -1.57. The van der Waals surface area contributed by atoms with Crippen molar-refractivity contribution in [1.82, 2.24) is 5.32 Å². The molecule has 1 amide bonds. The first-order valence-corrected chi connectivity index (χ1v) is 30.6. The van der Waals surface area contributed by atoms with Crippen molar-refractivity contribution in [3.63, 3.8) is 0 Å². The van der Waals surface area contributed by atoms with Crippen molar-refractivity contribution in [1.29, 1.82) is 0 Å². The topological polar surface area (TPSA) is 175 Å². The summed E-state index contributed by atoms with van der Waals surface area (Å²) < 4.78 is 16.7. The number of hydrogen-bond donors (Lipinski definition) is 6.